The molecule has 5 aliphatic rings. The third-order valence-electron chi connectivity index (χ3n) is 12.4. The van der Waals surface area contributed by atoms with Crippen molar-refractivity contribution >= 4 is 12.2 Å². The molecule has 5 saturated heterocycles. The van der Waals surface area contributed by atoms with Crippen molar-refractivity contribution in [1.29, 1.82) is 0 Å². The van der Waals surface area contributed by atoms with E-state index in [1.165, 1.54) is 0 Å². The van der Waals surface area contributed by atoms with E-state index in [4.69, 9.17) is 47.7 Å². The third-order valence-corrected chi connectivity index (χ3v) is 12.4. The number of hydrogen-bond acceptors (Lipinski definition) is 32. The molecule has 33 nitrogen and oxygen atoms in total. The minimum absolute atomic E-state index is 0.277. The first kappa shape index (κ1) is 63.3. The van der Waals surface area contributed by atoms with Crippen LogP contribution < -0.4 is 0 Å². The number of hydrogen-bond donors (Lipinski definition) is 21. The highest BCUT2D eigenvalue weighted by Crippen LogP contribution is 2.30. The maximum Gasteiger partial charge on any atom is 0.344 e. The number of oxime groups is 1. The molecule has 5 rings (SSSR count). The summed E-state index contributed by atoms with van der Waals surface area (Å²) in [6.07, 6.45) is -45.0. The Hall–Kier alpha value is -2.22. The van der Waals surface area contributed by atoms with Crippen molar-refractivity contribution < 1.29 is 160 Å². The quantitative estimate of drug-likeness (QED) is 0.0375. The molecule has 0 bridgehead atoms. The third kappa shape index (κ3) is 16.2. The van der Waals surface area contributed by atoms with Crippen LogP contribution in [0.1, 0.15) is 26.7 Å². The smallest absolute Gasteiger partial charge is 0.344 e. The van der Waals surface area contributed by atoms with Gasteiger partial charge >= 0.3 is 5.97 Å². The molecule has 0 aromatic carbocycles. The van der Waals surface area contributed by atoms with Gasteiger partial charge in [0, 0.05) is 0 Å². The van der Waals surface area contributed by atoms with Crippen molar-refractivity contribution in [2.75, 3.05) is 33.0 Å². The Balaban J connectivity index is 0.000000319. The summed E-state index contributed by atoms with van der Waals surface area (Å²) in [4.78, 5) is 14.6. The molecule has 428 valence electrons. The lowest BCUT2D eigenvalue weighted by atomic mass is 9.97. The van der Waals surface area contributed by atoms with Crippen LogP contribution in [-0.2, 0) is 52.3 Å². The van der Waals surface area contributed by atoms with Crippen LogP contribution in [0.15, 0.2) is 5.16 Å². The first-order valence-corrected chi connectivity index (χ1v) is 23.0. The summed E-state index contributed by atoms with van der Waals surface area (Å²) in [5, 5.41) is 212. The van der Waals surface area contributed by atoms with Crippen molar-refractivity contribution in [2.45, 2.75) is 205 Å². The summed E-state index contributed by atoms with van der Waals surface area (Å²) < 4.78 is 47.9. The number of carbonyl (C=O) groups is 1. The average molecular weight is 1080 g/mol. The maximum atomic E-state index is 10.3. The summed E-state index contributed by atoms with van der Waals surface area (Å²) in [5.74, 6) is -1.35. The maximum absolute atomic E-state index is 10.3. The lowest BCUT2D eigenvalue weighted by molar-refractivity contribution is -0.339. The number of ether oxygens (including phenoxy) is 9. The van der Waals surface area contributed by atoms with E-state index in [1.807, 2.05) is 0 Å². The number of rotatable bonds is 21. The molecule has 21 N–H and O–H groups in total. The number of aliphatic hydroxyl groups is 20. The second-order valence-electron chi connectivity index (χ2n) is 17.7. The fourth-order valence-electron chi connectivity index (χ4n) is 7.81. The van der Waals surface area contributed by atoms with Crippen LogP contribution in [0.5, 0.6) is 0 Å². The molecule has 0 aromatic rings. The lowest BCUT2D eigenvalue weighted by Crippen LogP contribution is -2.62. The van der Waals surface area contributed by atoms with Gasteiger partial charge in [0.25, 0.3) is 0 Å². The number of carboxylic acids is 1. The van der Waals surface area contributed by atoms with E-state index in [0.717, 1.165) is 0 Å². The largest absolute Gasteiger partial charge is 0.479 e. The van der Waals surface area contributed by atoms with E-state index in [2.05, 4.69) is 9.99 Å². The van der Waals surface area contributed by atoms with Gasteiger partial charge in [-0.05, 0) is 12.8 Å². The van der Waals surface area contributed by atoms with Crippen LogP contribution in [0, 0.1) is 0 Å². The molecule has 33 heteroatoms. The van der Waals surface area contributed by atoms with Crippen LogP contribution >= 0.6 is 0 Å². The fraction of sp³-hybridized carbons (Fsp3) is 0.950. The van der Waals surface area contributed by atoms with E-state index in [0.29, 0.717) is 12.6 Å². The van der Waals surface area contributed by atoms with E-state index < -0.39 is 217 Å². The van der Waals surface area contributed by atoms with Gasteiger partial charge in [0.1, 0.15) is 134 Å². The van der Waals surface area contributed by atoms with Gasteiger partial charge in [0.2, 0.25) is 6.61 Å². The molecule has 5 aliphatic heterocycles. The van der Waals surface area contributed by atoms with Gasteiger partial charge in [-0.1, -0.05) is 19.0 Å². The molecule has 0 spiro atoms. The zero-order chi connectivity index (χ0) is 54.8. The normalized spacial score (nSPS) is 45.2. The van der Waals surface area contributed by atoms with Gasteiger partial charge in [-0.3, -0.25) is 0 Å². The summed E-state index contributed by atoms with van der Waals surface area (Å²) in [7, 11) is 0. The van der Waals surface area contributed by atoms with Crippen LogP contribution in [0.2, 0.25) is 0 Å². The molecule has 29 atom stereocenters. The fourth-order valence-corrected chi connectivity index (χ4v) is 7.81. The Bertz CT molecular complexity index is 1640. The van der Waals surface area contributed by atoms with Gasteiger partial charge in [-0.2, -0.15) is 0 Å². The number of nitrogens with zero attached hydrogens (tertiary/aromatic N) is 1. The van der Waals surface area contributed by atoms with E-state index >= 15 is 0 Å². The zero-order valence-corrected chi connectivity index (χ0v) is 39.1. The Morgan fingerprint density at radius 2 is 0.781 bits per heavy atom. The average Bonchev–Trinajstić information content (AvgIpc) is 3.37. The topological polar surface area (TPSA) is 547 Å². The molecular formula is C40H71NO32. The Morgan fingerprint density at radius 3 is 1.15 bits per heavy atom. The summed E-state index contributed by atoms with van der Waals surface area (Å²) >= 11 is 0. The molecule has 73 heavy (non-hydrogen) atoms. The highest BCUT2D eigenvalue weighted by atomic mass is 16.8. The first-order valence-electron chi connectivity index (χ1n) is 23.0. The number of aliphatic carboxylic acids is 1. The Morgan fingerprint density at radius 1 is 0.452 bits per heavy atom. The van der Waals surface area contributed by atoms with Crippen molar-refractivity contribution in [2.24, 2.45) is 5.16 Å². The van der Waals surface area contributed by atoms with E-state index in [-0.39, 0.29) is 6.42 Å². The van der Waals surface area contributed by atoms with Crippen molar-refractivity contribution in [1.82, 2.24) is 0 Å². The Labute approximate surface area is 414 Å². The number of carboxylic acid groups (broad SMARTS) is 1. The second kappa shape index (κ2) is 29.0. The minimum Gasteiger partial charge on any atom is -0.479 e. The molecular weight excluding hydrogens is 1010 g/mol. The minimum atomic E-state index is -2.04. The van der Waals surface area contributed by atoms with Crippen LogP contribution in [0.4, 0.5) is 0 Å². The number of aliphatic hydroxyl groups excluding tert-OH is 20. The van der Waals surface area contributed by atoms with Crippen LogP contribution in [-0.4, -0.2) is 330 Å². The molecule has 0 amide bonds. The summed E-state index contributed by atoms with van der Waals surface area (Å²) in [5.41, 5.74) is 0. The SMILES string of the molecule is CCC1O[C@H](OCC2O[C@H](OCC(O)[C@@H](O)[C@@H](O)C(O)/C=N/OCC(=O)O)C(O)[C@H](O)[C@@H]2O)C(O)[C@H](O)[C@@H]1O.CCC1O[C@H](OCC2O[C@H](OCC3O[C@H](O)C(O)[C@H](O)[C@@H]3O)C(O)[C@H](O)[C@@H]2O)C(O)[C@H](O)[C@@H]1O. The standard InChI is InChI=1S/C21H37NO17.C19H34O15/c1-2-9-14(29)16(31)18(33)21(38-9)36-5-10-15(30)17(32)19(34)20(39-10)35-4-8(24)13(28)12(27)7(23)3-22-37-6-11(25)26;1-2-5-8(20)12(24)15(27)18(33-5)31-4-7-10(22)13(25)16(28)19(34-7)30-3-6-9(21)11(23)14(26)17(29)32-6/h3,7-10,12-21,23-24,27-34H,2,4-6H2,1H3,(H,25,26);5-29H,2-4H2,1H3/b22-3+;/t7?,8?,9?,10?,12-,13+,14+,15+,16+,17+,18?,19?,20-,21-;5?,6?,7?,8-,9-,10-,11-,12-,13-,14?,15?,16?,17+,18+,19+/m01/s1. The lowest BCUT2D eigenvalue weighted by Gasteiger charge is -2.43. The van der Waals surface area contributed by atoms with Gasteiger partial charge < -0.3 is 155 Å². The highest BCUT2D eigenvalue weighted by Gasteiger charge is 2.50. The zero-order valence-electron chi connectivity index (χ0n) is 39.1. The molecule has 0 saturated carbocycles. The summed E-state index contributed by atoms with van der Waals surface area (Å²) in [6.45, 7) is 0.124. The molecule has 12 unspecified atom stereocenters. The first-order chi connectivity index (χ1) is 34.3. The predicted octanol–water partition coefficient (Wildman–Crippen LogP) is -12.6. The summed E-state index contributed by atoms with van der Waals surface area (Å²) in [6, 6.07) is 0. The second-order valence-corrected chi connectivity index (χ2v) is 17.7. The predicted molar refractivity (Wildman–Crippen MR) is 226 cm³/mol. The highest BCUT2D eigenvalue weighted by molar-refractivity contribution is 5.68. The molecule has 0 aromatic heterocycles. The van der Waals surface area contributed by atoms with Crippen molar-refractivity contribution in [3.05, 3.63) is 0 Å². The van der Waals surface area contributed by atoms with Gasteiger partial charge in [0.15, 0.2) is 31.5 Å². The van der Waals surface area contributed by atoms with Crippen LogP contribution in [0.25, 0.3) is 0 Å². The molecule has 0 aliphatic carbocycles. The molecule has 5 heterocycles. The monoisotopic (exact) mass is 1080 g/mol. The van der Waals surface area contributed by atoms with Gasteiger partial charge in [0.05, 0.1) is 44.9 Å². The van der Waals surface area contributed by atoms with Gasteiger partial charge in [-0.15, -0.1) is 0 Å². The van der Waals surface area contributed by atoms with E-state index in [9.17, 15) is 107 Å². The molecule has 5 fully saturated rings. The van der Waals surface area contributed by atoms with Gasteiger partial charge in [-0.25, -0.2) is 4.79 Å². The van der Waals surface area contributed by atoms with Crippen molar-refractivity contribution in [3.63, 3.8) is 0 Å². The van der Waals surface area contributed by atoms with Crippen LogP contribution in [0.3, 0.4) is 0 Å². The van der Waals surface area contributed by atoms with Crippen molar-refractivity contribution in [3.8, 4) is 0 Å². The molecule has 0 radical (unpaired) electrons. The Kier molecular flexibility index (Phi) is 25.1. The van der Waals surface area contributed by atoms with E-state index in [1.54, 1.807) is 13.8 Å².